The maximum absolute atomic E-state index is 4.48. The Morgan fingerprint density at radius 3 is 2.42 bits per heavy atom. The molecule has 1 heterocycles. The molecule has 1 aromatic heterocycles. The summed E-state index contributed by atoms with van der Waals surface area (Å²) in [6, 6.07) is 1.12. The SMILES string of the molecule is CNC1CCC(C(C)(C)C)CC1n1cnc(C)c1C. The van der Waals surface area contributed by atoms with Gasteiger partial charge in [0.25, 0.3) is 0 Å². The summed E-state index contributed by atoms with van der Waals surface area (Å²) in [6.45, 7) is 11.4. The Balaban J connectivity index is 2.26. The van der Waals surface area contributed by atoms with Gasteiger partial charge in [-0.25, -0.2) is 4.98 Å². The number of hydrogen-bond acceptors (Lipinski definition) is 2. The Kier molecular flexibility index (Phi) is 4.05. The summed E-state index contributed by atoms with van der Waals surface area (Å²) >= 11 is 0. The van der Waals surface area contributed by atoms with Gasteiger partial charge >= 0.3 is 0 Å². The lowest BCUT2D eigenvalue weighted by Gasteiger charge is -2.42. The highest BCUT2D eigenvalue weighted by Crippen LogP contribution is 2.42. The largest absolute Gasteiger partial charge is 0.330 e. The molecule has 0 amide bonds. The molecule has 3 nitrogen and oxygen atoms in total. The minimum Gasteiger partial charge on any atom is -0.330 e. The van der Waals surface area contributed by atoms with Crippen LogP contribution in [-0.2, 0) is 0 Å². The molecule has 1 aromatic rings. The van der Waals surface area contributed by atoms with Crippen molar-refractivity contribution in [1.29, 1.82) is 0 Å². The van der Waals surface area contributed by atoms with Gasteiger partial charge in [0.2, 0.25) is 0 Å². The fraction of sp³-hybridized carbons (Fsp3) is 0.812. The van der Waals surface area contributed by atoms with Crippen LogP contribution in [0.15, 0.2) is 6.33 Å². The third-order valence-electron chi connectivity index (χ3n) is 5.06. The van der Waals surface area contributed by atoms with Crippen LogP contribution in [0, 0.1) is 25.2 Å². The van der Waals surface area contributed by atoms with E-state index in [1.54, 1.807) is 0 Å². The van der Waals surface area contributed by atoms with E-state index in [0.717, 1.165) is 11.6 Å². The van der Waals surface area contributed by atoms with Crippen LogP contribution in [-0.4, -0.2) is 22.6 Å². The Morgan fingerprint density at radius 1 is 1.26 bits per heavy atom. The Bertz CT molecular complexity index is 428. The summed E-state index contributed by atoms with van der Waals surface area (Å²) in [4.78, 5) is 4.48. The molecule has 0 radical (unpaired) electrons. The first-order chi connectivity index (χ1) is 8.84. The first kappa shape index (κ1) is 14.6. The normalized spacial score (nSPS) is 28.6. The Morgan fingerprint density at radius 2 is 1.95 bits per heavy atom. The molecule has 3 atom stereocenters. The fourth-order valence-electron chi connectivity index (χ4n) is 3.43. The van der Waals surface area contributed by atoms with Gasteiger partial charge in [0.15, 0.2) is 0 Å². The average Bonchev–Trinajstić information content (AvgIpc) is 2.68. The first-order valence-corrected chi connectivity index (χ1v) is 7.52. The molecular weight excluding hydrogens is 234 g/mol. The molecule has 19 heavy (non-hydrogen) atoms. The second kappa shape index (κ2) is 5.28. The van der Waals surface area contributed by atoms with Gasteiger partial charge in [0.1, 0.15) is 0 Å². The predicted octanol–water partition coefficient (Wildman–Crippen LogP) is 3.48. The van der Waals surface area contributed by atoms with Crippen molar-refractivity contribution in [1.82, 2.24) is 14.9 Å². The predicted molar refractivity (Wildman–Crippen MR) is 80.4 cm³/mol. The van der Waals surface area contributed by atoms with E-state index >= 15 is 0 Å². The third kappa shape index (κ3) is 2.86. The molecule has 1 N–H and O–H groups in total. The van der Waals surface area contributed by atoms with Gasteiger partial charge in [-0.05, 0) is 51.5 Å². The molecule has 0 aliphatic heterocycles. The number of nitrogens with one attached hydrogen (secondary N) is 1. The number of nitrogens with zero attached hydrogens (tertiary/aromatic N) is 2. The minimum absolute atomic E-state index is 0.403. The van der Waals surface area contributed by atoms with Crippen molar-refractivity contribution in [2.45, 2.75) is 66.0 Å². The van der Waals surface area contributed by atoms with Gasteiger partial charge < -0.3 is 9.88 Å². The van der Waals surface area contributed by atoms with Crippen LogP contribution in [0.3, 0.4) is 0 Å². The summed E-state index contributed by atoms with van der Waals surface area (Å²) in [5.74, 6) is 0.796. The van der Waals surface area contributed by atoms with Crippen LogP contribution in [0.1, 0.15) is 57.5 Å². The zero-order chi connectivity index (χ0) is 14.2. The number of aromatic nitrogens is 2. The monoisotopic (exact) mass is 263 g/mol. The Labute approximate surface area is 117 Å². The second-order valence-corrected chi connectivity index (χ2v) is 7.16. The zero-order valence-electron chi connectivity index (χ0n) is 13.3. The molecule has 1 aliphatic carbocycles. The molecule has 1 fully saturated rings. The van der Waals surface area contributed by atoms with Crippen molar-refractivity contribution >= 4 is 0 Å². The molecule has 0 bridgehead atoms. The van der Waals surface area contributed by atoms with Crippen LogP contribution in [0.25, 0.3) is 0 Å². The number of aryl methyl sites for hydroxylation is 1. The lowest BCUT2D eigenvalue weighted by atomic mass is 9.69. The van der Waals surface area contributed by atoms with Gasteiger partial charge in [-0.3, -0.25) is 0 Å². The maximum atomic E-state index is 4.48. The quantitative estimate of drug-likeness (QED) is 0.885. The summed E-state index contributed by atoms with van der Waals surface area (Å²) in [6.07, 6.45) is 5.88. The van der Waals surface area contributed by atoms with Crippen LogP contribution >= 0.6 is 0 Å². The molecule has 2 rings (SSSR count). The van der Waals surface area contributed by atoms with Crippen molar-refractivity contribution in [2.75, 3.05) is 7.05 Å². The zero-order valence-corrected chi connectivity index (χ0v) is 13.3. The van der Waals surface area contributed by atoms with Gasteiger partial charge in [0, 0.05) is 11.7 Å². The highest BCUT2D eigenvalue weighted by Gasteiger charge is 2.36. The van der Waals surface area contributed by atoms with Crippen LogP contribution in [0.4, 0.5) is 0 Å². The smallest absolute Gasteiger partial charge is 0.0954 e. The van der Waals surface area contributed by atoms with Gasteiger partial charge in [-0.1, -0.05) is 20.8 Å². The summed E-state index contributed by atoms with van der Waals surface area (Å²) < 4.78 is 2.40. The minimum atomic E-state index is 0.403. The van der Waals surface area contributed by atoms with Gasteiger partial charge in [0.05, 0.1) is 18.1 Å². The lowest BCUT2D eigenvalue weighted by molar-refractivity contribution is 0.119. The number of rotatable bonds is 2. The van der Waals surface area contributed by atoms with Gasteiger partial charge in [-0.2, -0.15) is 0 Å². The van der Waals surface area contributed by atoms with E-state index in [1.165, 1.54) is 25.0 Å². The molecule has 1 saturated carbocycles. The molecule has 3 heteroatoms. The number of likely N-dealkylation sites (N-methyl/N-ethyl adjacent to an activating group) is 1. The number of imidazole rings is 1. The first-order valence-electron chi connectivity index (χ1n) is 7.52. The molecule has 3 unspecified atom stereocenters. The average molecular weight is 263 g/mol. The molecule has 108 valence electrons. The topological polar surface area (TPSA) is 29.9 Å². The van der Waals surface area contributed by atoms with E-state index in [1.807, 2.05) is 6.33 Å². The fourth-order valence-corrected chi connectivity index (χ4v) is 3.43. The second-order valence-electron chi connectivity index (χ2n) is 7.16. The van der Waals surface area contributed by atoms with Crippen LogP contribution in [0.5, 0.6) is 0 Å². The lowest BCUT2D eigenvalue weighted by Crippen LogP contribution is -2.42. The van der Waals surface area contributed by atoms with E-state index in [4.69, 9.17) is 0 Å². The van der Waals surface area contributed by atoms with E-state index in [-0.39, 0.29) is 0 Å². The van der Waals surface area contributed by atoms with E-state index < -0.39 is 0 Å². The molecule has 0 saturated heterocycles. The number of hydrogen-bond donors (Lipinski definition) is 1. The maximum Gasteiger partial charge on any atom is 0.0954 e. The highest BCUT2D eigenvalue weighted by atomic mass is 15.1. The van der Waals surface area contributed by atoms with Crippen molar-refractivity contribution in [3.8, 4) is 0 Å². The van der Waals surface area contributed by atoms with Crippen LogP contribution < -0.4 is 5.32 Å². The summed E-state index contributed by atoms with van der Waals surface area (Å²) in [5, 5.41) is 3.51. The third-order valence-corrected chi connectivity index (χ3v) is 5.06. The van der Waals surface area contributed by atoms with Crippen molar-refractivity contribution < 1.29 is 0 Å². The Hall–Kier alpha value is -0.830. The van der Waals surface area contributed by atoms with Crippen molar-refractivity contribution in [3.05, 3.63) is 17.7 Å². The molecule has 0 spiro atoms. The van der Waals surface area contributed by atoms with E-state index in [9.17, 15) is 0 Å². The standard InChI is InChI=1S/C16H29N3/c1-11-12(2)19(10-18-11)15-9-13(16(3,4)5)7-8-14(15)17-6/h10,13-15,17H,7-9H2,1-6H3. The van der Waals surface area contributed by atoms with E-state index in [2.05, 4.69) is 56.5 Å². The molecule has 0 aromatic carbocycles. The van der Waals surface area contributed by atoms with Crippen LogP contribution in [0.2, 0.25) is 0 Å². The van der Waals surface area contributed by atoms with Gasteiger partial charge in [-0.15, -0.1) is 0 Å². The molecular formula is C16H29N3. The highest BCUT2D eigenvalue weighted by molar-refractivity contribution is 5.11. The van der Waals surface area contributed by atoms with Crippen molar-refractivity contribution in [2.24, 2.45) is 11.3 Å². The van der Waals surface area contributed by atoms with Crippen molar-refractivity contribution in [3.63, 3.8) is 0 Å². The summed E-state index contributed by atoms with van der Waals surface area (Å²) in [7, 11) is 2.09. The van der Waals surface area contributed by atoms with E-state index in [0.29, 0.717) is 17.5 Å². The summed E-state index contributed by atoms with van der Waals surface area (Å²) in [5.41, 5.74) is 2.88. The molecule has 1 aliphatic rings.